The second-order valence-electron chi connectivity index (χ2n) is 18.0. The van der Waals surface area contributed by atoms with Crippen LogP contribution < -0.4 is 0 Å². The van der Waals surface area contributed by atoms with E-state index in [1.54, 1.807) is 6.08 Å². The summed E-state index contributed by atoms with van der Waals surface area (Å²) in [6.45, 7) is 4.25. The highest BCUT2D eigenvalue weighted by Crippen LogP contribution is 2.43. The van der Waals surface area contributed by atoms with Crippen LogP contribution in [0.3, 0.4) is 0 Å². The molecule has 0 fully saturated rings. The number of ether oxygens (including phenoxy) is 3. The molecule has 0 aliphatic heterocycles. The predicted octanol–water partition coefficient (Wildman–Crippen LogP) is 16.2. The molecule has 0 heterocycles. The fourth-order valence-electron chi connectivity index (χ4n) is 7.07. The van der Waals surface area contributed by atoms with Gasteiger partial charge in [-0.1, -0.05) is 220 Å². The number of aliphatic hydroxyl groups excluding tert-OH is 1. The van der Waals surface area contributed by atoms with E-state index in [0.29, 0.717) is 19.3 Å². The van der Waals surface area contributed by atoms with E-state index >= 15 is 0 Å². The van der Waals surface area contributed by atoms with Gasteiger partial charge in [0.25, 0.3) is 0 Å². The van der Waals surface area contributed by atoms with Crippen molar-refractivity contribution < 1.29 is 52.2 Å². The van der Waals surface area contributed by atoms with Gasteiger partial charge in [-0.05, 0) is 83.5 Å². The Morgan fingerprint density at radius 3 is 1.18 bits per heavy atom. The summed E-state index contributed by atoms with van der Waals surface area (Å²) in [5.41, 5.74) is 0. The first-order valence-corrected chi connectivity index (χ1v) is 29.3. The SMILES string of the molecule is CC/C=C\C/C=C\C/C=C\C/C=C\C/C=C\CC(=O)OCC(COP(=O)(O)OCC(CO)OC(=O)CCCCCCCCCCCCCCCCC)OC(=O)CCCC/C=C\C/C=C\C/C=C\C/C=C\CC. The summed E-state index contributed by atoms with van der Waals surface area (Å²) in [5.74, 6) is -1.67. The Hall–Kier alpha value is -3.86. The van der Waals surface area contributed by atoms with Crippen molar-refractivity contribution in [3.8, 4) is 0 Å². The molecule has 0 spiro atoms. The molecule has 2 N–H and O–H groups in total. The lowest BCUT2D eigenvalue weighted by Gasteiger charge is -2.21. The molecule has 0 aromatic rings. The third-order valence-electron chi connectivity index (χ3n) is 11.2. The van der Waals surface area contributed by atoms with Crippen LogP contribution in [0.2, 0.25) is 0 Å². The van der Waals surface area contributed by atoms with Gasteiger partial charge in [-0.3, -0.25) is 23.4 Å². The molecule has 0 aliphatic carbocycles. The summed E-state index contributed by atoms with van der Waals surface area (Å²) in [7, 11) is -4.78. The highest BCUT2D eigenvalue weighted by Gasteiger charge is 2.28. The maximum atomic E-state index is 12.9. The maximum Gasteiger partial charge on any atom is 0.472 e. The minimum Gasteiger partial charge on any atom is -0.461 e. The van der Waals surface area contributed by atoms with Gasteiger partial charge in [0.2, 0.25) is 0 Å². The quantitative estimate of drug-likeness (QED) is 0.0197. The number of phosphoric ester groups is 1. The zero-order valence-corrected chi connectivity index (χ0v) is 46.0. The number of esters is 3. The molecular formula is C60H99O11P. The van der Waals surface area contributed by atoms with Crippen molar-refractivity contribution in [2.45, 2.75) is 226 Å². The normalized spacial score (nSPS) is 14.2. The number of carbonyl (C=O) groups excluding carboxylic acids is 3. The van der Waals surface area contributed by atoms with Crippen LogP contribution in [0.4, 0.5) is 0 Å². The number of unbranched alkanes of at least 4 members (excludes halogenated alkanes) is 16. The van der Waals surface area contributed by atoms with E-state index in [1.165, 1.54) is 70.6 Å². The largest absolute Gasteiger partial charge is 0.472 e. The number of allylic oxidation sites excluding steroid dienone is 17. The molecular weight excluding hydrogens is 928 g/mol. The first-order chi connectivity index (χ1) is 35.2. The van der Waals surface area contributed by atoms with Gasteiger partial charge in [0.05, 0.1) is 26.2 Å². The van der Waals surface area contributed by atoms with Gasteiger partial charge in [-0.25, -0.2) is 4.57 Å². The number of aliphatic hydroxyl groups is 1. The number of rotatable bonds is 50. The van der Waals surface area contributed by atoms with Gasteiger partial charge in [0, 0.05) is 12.8 Å². The van der Waals surface area contributed by atoms with E-state index in [-0.39, 0.29) is 19.3 Å². The molecule has 0 amide bonds. The second kappa shape index (κ2) is 53.4. The third kappa shape index (κ3) is 51.1. The van der Waals surface area contributed by atoms with Crippen molar-refractivity contribution >= 4 is 25.7 Å². The highest BCUT2D eigenvalue weighted by atomic mass is 31.2. The van der Waals surface area contributed by atoms with E-state index in [0.717, 1.165) is 83.5 Å². The number of carbonyl (C=O) groups is 3. The minimum atomic E-state index is -4.78. The molecule has 3 unspecified atom stereocenters. The van der Waals surface area contributed by atoms with Crippen LogP contribution in [0.25, 0.3) is 0 Å². The van der Waals surface area contributed by atoms with Gasteiger partial charge in [-0.15, -0.1) is 0 Å². The van der Waals surface area contributed by atoms with E-state index < -0.39 is 64.4 Å². The standard InChI is InChI=1S/C60H99O11P/c1-4-7-10-13-16-19-22-25-28-31-34-37-40-43-46-49-58(62)67-53-57(71-60(64)51-48-45-42-39-36-33-30-27-24-21-18-15-12-9-6-3)55-69-72(65,66)68-54-56(52-61)70-59(63)50-47-44-41-38-35-32-29-26-23-20-17-14-11-8-5-2/h7,9-10,12,16,18-19,21,25,27-28,30,34,36-37,39,43,46,56-57,61H,4-6,8,11,13-15,17,20,22-24,26,29,31-33,35,38,40-42,44-45,47-55H2,1-3H3,(H,65,66)/b10-7-,12-9-,19-16-,21-18-,28-25-,30-27-,37-34-,39-36-,46-43-. The Labute approximate surface area is 437 Å². The lowest BCUT2D eigenvalue weighted by Crippen LogP contribution is -2.30. The molecule has 3 atom stereocenters. The van der Waals surface area contributed by atoms with E-state index in [1.807, 2.05) is 12.2 Å². The topological polar surface area (TPSA) is 155 Å². The molecule has 72 heavy (non-hydrogen) atoms. The summed E-state index contributed by atoms with van der Waals surface area (Å²) in [4.78, 5) is 48.4. The van der Waals surface area contributed by atoms with Crippen LogP contribution in [0, 0.1) is 0 Å². The summed E-state index contributed by atoms with van der Waals surface area (Å²) in [6, 6.07) is 0. The molecule has 0 saturated carbocycles. The predicted molar refractivity (Wildman–Crippen MR) is 297 cm³/mol. The van der Waals surface area contributed by atoms with Crippen LogP contribution >= 0.6 is 7.82 Å². The second-order valence-corrected chi connectivity index (χ2v) is 19.5. The van der Waals surface area contributed by atoms with Gasteiger partial charge < -0.3 is 24.2 Å². The molecule has 0 bridgehead atoms. The first kappa shape index (κ1) is 68.1. The zero-order chi connectivity index (χ0) is 52.7. The van der Waals surface area contributed by atoms with E-state index in [9.17, 15) is 28.9 Å². The molecule has 0 radical (unpaired) electrons. The lowest BCUT2D eigenvalue weighted by molar-refractivity contribution is -0.161. The van der Waals surface area contributed by atoms with Crippen molar-refractivity contribution in [2.75, 3.05) is 26.4 Å². The van der Waals surface area contributed by atoms with Gasteiger partial charge >= 0.3 is 25.7 Å². The Kier molecular flexibility index (Phi) is 50.6. The Morgan fingerprint density at radius 2 is 0.764 bits per heavy atom. The number of hydrogen-bond acceptors (Lipinski definition) is 10. The Bertz CT molecular complexity index is 1620. The number of phosphoric acid groups is 1. The summed E-state index contributed by atoms with van der Waals surface area (Å²) >= 11 is 0. The third-order valence-corrected chi connectivity index (χ3v) is 12.2. The Balaban J connectivity index is 4.88. The molecule has 0 aliphatic rings. The van der Waals surface area contributed by atoms with Crippen LogP contribution in [0.5, 0.6) is 0 Å². The summed E-state index contributed by atoms with van der Waals surface area (Å²) < 4.78 is 39.3. The van der Waals surface area contributed by atoms with Crippen molar-refractivity contribution in [2.24, 2.45) is 0 Å². The fraction of sp³-hybridized carbons (Fsp3) is 0.650. The van der Waals surface area contributed by atoms with Crippen LogP contribution in [0.15, 0.2) is 109 Å². The number of hydrogen-bond donors (Lipinski definition) is 2. The zero-order valence-electron chi connectivity index (χ0n) is 45.1. The molecule has 0 aromatic carbocycles. The Morgan fingerprint density at radius 1 is 0.417 bits per heavy atom. The molecule has 0 rings (SSSR count). The highest BCUT2D eigenvalue weighted by molar-refractivity contribution is 7.47. The molecule has 11 nitrogen and oxygen atoms in total. The molecule has 0 saturated heterocycles. The van der Waals surface area contributed by atoms with Crippen molar-refractivity contribution in [1.29, 1.82) is 0 Å². The first-order valence-electron chi connectivity index (χ1n) is 27.8. The van der Waals surface area contributed by atoms with Crippen LogP contribution in [0.1, 0.15) is 213 Å². The van der Waals surface area contributed by atoms with Crippen LogP contribution in [-0.2, 0) is 42.2 Å². The smallest absolute Gasteiger partial charge is 0.461 e. The van der Waals surface area contributed by atoms with Crippen molar-refractivity contribution in [1.82, 2.24) is 0 Å². The average molecular weight is 1030 g/mol. The maximum absolute atomic E-state index is 12.9. The van der Waals surface area contributed by atoms with Gasteiger partial charge in [0.1, 0.15) is 12.7 Å². The summed E-state index contributed by atoms with van der Waals surface area (Å²) in [5, 5.41) is 9.80. The van der Waals surface area contributed by atoms with Gasteiger partial charge in [0.15, 0.2) is 6.10 Å². The lowest BCUT2D eigenvalue weighted by atomic mass is 10.0. The van der Waals surface area contributed by atoms with Crippen molar-refractivity contribution in [3.63, 3.8) is 0 Å². The molecule has 0 aromatic heterocycles. The fourth-order valence-corrected chi connectivity index (χ4v) is 7.85. The average Bonchev–Trinajstić information content (AvgIpc) is 3.37. The van der Waals surface area contributed by atoms with E-state index in [2.05, 4.69) is 112 Å². The molecule has 410 valence electrons. The van der Waals surface area contributed by atoms with Crippen LogP contribution in [-0.4, -0.2) is 66.5 Å². The van der Waals surface area contributed by atoms with Gasteiger partial charge in [-0.2, -0.15) is 0 Å². The summed E-state index contributed by atoms with van der Waals surface area (Å²) in [6.07, 6.45) is 63.7. The minimum absolute atomic E-state index is 0.0192. The van der Waals surface area contributed by atoms with E-state index in [4.69, 9.17) is 23.3 Å². The molecule has 12 heteroatoms. The monoisotopic (exact) mass is 1030 g/mol. The van der Waals surface area contributed by atoms with Crippen molar-refractivity contribution in [3.05, 3.63) is 109 Å².